The molecule has 4 aliphatic rings. The molecule has 6 nitrogen and oxygen atoms in total. The zero-order chi connectivity index (χ0) is 22.8. The molecule has 6 heteroatoms. The van der Waals surface area contributed by atoms with Crippen LogP contribution in [0.2, 0.25) is 0 Å². The zero-order valence-corrected chi connectivity index (χ0v) is 18.7. The van der Waals surface area contributed by atoms with E-state index in [0.29, 0.717) is 29.0 Å². The number of carbonyl (C=O) groups is 3. The minimum atomic E-state index is -0.660. The van der Waals surface area contributed by atoms with E-state index >= 15 is 0 Å². The Kier molecular flexibility index (Phi) is 5.92. The van der Waals surface area contributed by atoms with Crippen molar-refractivity contribution in [2.24, 2.45) is 23.2 Å². The SMILES string of the molecule is O=C(CNC(=O)OCc1ccccc1)Nc1ccccc1C(=O)C12CC3CC(CC(C3)C1)C2. The fourth-order valence-corrected chi connectivity index (χ4v) is 6.59. The highest BCUT2D eigenvalue weighted by molar-refractivity contribution is 6.08. The van der Waals surface area contributed by atoms with Crippen LogP contribution in [0, 0.1) is 23.2 Å². The van der Waals surface area contributed by atoms with Crippen LogP contribution in [-0.2, 0) is 16.1 Å². The molecule has 2 aromatic rings. The molecule has 0 saturated heterocycles. The lowest BCUT2D eigenvalue weighted by Gasteiger charge is -2.56. The van der Waals surface area contributed by atoms with Crippen LogP contribution >= 0.6 is 0 Å². The molecule has 0 aromatic heterocycles. The van der Waals surface area contributed by atoms with Gasteiger partial charge in [-0.05, 0) is 74.0 Å². The minimum Gasteiger partial charge on any atom is -0.445 e. The molecule has 172 valence electrons. The summed E-state index contributed by atoms with van der Waals surface area (Å²) in [6.07, 6.45) is 6.11. The Bertz CT molecular complexity index is 1010. The Morgan fingerprint density at radius 1 is 0.848 bits per heavy atom. The van der Waals surface area contributed by atoms with Crippen LogP contribution in [-0.4, -0.2) is 24.3 Å². The van der Waals surface area contributed by atoms with Gasteiger partial charge in [-0.2, -0.15) is 0 Å². The highest BCUT2D eigenvalue weighted by atomic mass is 16.5. The lowest BCUT2D eigenvalue weighted by Crippen LogP contribution is -2.50. The van der Waals surface area contributed by atoms with Gasteiger partial charge in [0.15, 0.2) is 5.78 Å². The second-order valence-electron chi connectivity index (χ2n) is 10.0. The number of nitrogens with one attached hydrogen (secondary N) is 2. The van der Waals surface area contributed by atoms with Crippen molar-refractivity contribution in [3.05, 3.63) is 65.7 Å². The summed E-state index contributed by atoms with van der Waals surface area (Å²) < 4.78 is 5.14. The summed E-state index contributed by atoms with van der Waals surface area (Å²) in [5.74, 6) is 1.80. The summed E-state index contributed by atoms with van der Waals surface area (Å²) in [6.45, 7) is -0.0931. The number of ketones is 1. The van der Waals surface area contributed by atoms with E-state index in [1.807, 2.05) is 48.5 Å². The molecule has 0 radical (unpaired) electrons. The molecular formula is C27H30N2O4. The second-order valence-corrected chi connectivity index (χ2v) is 10.0. The van der Waals surface area contributed by atoms with Crippen molar-refractivity contribution in [1.82, 2.24) is 5.32 Å². The molecule has 6 rings (SSSR count). The minimum absolute atomic E-state index is 0.136. The first-order chi connectivity index (χ1) is 16.0. The first-order valence-corrected chi connectivity index (χ1v) is 11.9. The standard InChI is InChI=1S/C27H30N2O4/c30-24(16-28-26(32)33-17-18-6-2-1-3-7-18)29-23-9-5-4-8-22(23)25(31)27-13-19-10-20(14-27)12-21(11-19)15-27/h1-9,19-21H,10-17H2,(H,28,32)(H,29,30). The molecule has 4 saturated carbocycles. The number of hydrogen-bond donors (Lipinski definition) is 2. The summed E-state index contributed by atoms with van der Waals surface area (Å²) in [5, 5.41) is 5.29. The van der Waals surface area contributed by atoms with E-state index in [0.717, 1.165) is 24.8 Å². The zero-order valence-electron chi connectivity index (χ0n) is 18.7. The molecule has 2 aromatic carbocycles. The molecule has 33 heavy (non-hydrogen) atoms. The van der Waals surface area contributed by atoms with Gasteiger partial charge in [-0.15, -0.1) is 0 Å². The number of rotatable bonds is 7. The maximum absolute atomic E-state index is 13.7. The lowest BCUT2D eigenvalue weighted by molar-refractivity contribution is -0.115. The van der Waals surface area contributed by atoms with Gasteiger partial charge in [0, 0.05) is 11.0 Å². The van der Waals surface area contributed by atoms with Crippen molar-refractivity contribution in [1.29, 1.82) is 0 Å². The van der Waals surface area contributed by atoms with Crippen molar-refractivity contribution >= 4 is 23.5 Å². The molecular weight excluding hydrogens is 416 g/mol. The van der Waals surface area contributed by atoms with Crippen LogP contribution in [0.3, 0.4) is 0 Å². The van der Waals surface area contributed by atoms with Crippen LogP contribution in [0.1, 0.15) is 54.4 Å². The summed E-state index contributed by atoms with van der Waals surface area (Å²) in [5.41, 5.74) is 1.70. The first-order valence-electron chi connectivity index (χ1n) is 11.9. The van der Waals surface area contributed by atoms with Crippen molar-refractivity contribution in [2.75, 3.05) is 11.9 Å². The average molecular weight is 447 g/mol. The van der Waals surface area contributed by atoms with Crippen LogP contribution < -0.4 is 10.6 Å². The Labute approximate surface area is 194 Å². The van der Waals surface area contributed by atoms with Gasteiger partial charge < -0.3 is 15.4 Å². The Hall–Kier alpha value is -3.15. The Balaban J connectivity index is 1.19. The highest BCUT2D eigenvalue weighted by Gasteiger charge is 2.54. The third kappa shape index (κ3) is 4.65. The maximum Gasteiger partial charge on any atom is 0.407 e. The number of amides is 2. The van der Waals surface area contributed by atoms with Gasteiger partial charge in [0.25, 0.3) is 0 Å². The predicted molar refractivity (Wildman–Crippen MR) is 125 cm³/mol. The maximum atomic E-state index is 13.7. The molecule has 0 spiro atoms. The number of benzene rings is 2. The van der Waals surface area contributed by atoms with Crippen LogP contribution in [0.4, 0.5) is 10.5 Å². The molecule has 4 fully saturated rings. The normalized spacial score (nSPS) is 27.1. The van der Waals surface area contributed by atoms with E-state index in [2.05, 4.69) is 10.6 Å². The molecule has 2 N–H and O–H groups in total. The van der Waals surface area contributed by atoms with E-state index in [4.69, 9.17) is 4.74 Å². The van der Waals surface area contributed by atoms with Crippen LogP contribution in [0.25, 0.3) is 0 Å². The monoisotopic (exact) mass is 446 g/mol. The average Bonchev–Trinajstić information content (AvgIpc) is 2.81. The second kappa shape index (κ2) is 9.00. The predicted octanol–water partition coefficient (Wildman–Crippen LogP) is 4.95. The number of hydrogen-bond acceptors (Lipinski definition) is 4. The van der Waals surface area contributed by atoms with Gasteiger partial charge in [0.1, 0.15) is 13.2 Å². The number of anilines is 1. The Morgan fingerprint density at radius 2 is 1.45 bits per heavy atom. The van der Waals surface area contributed by atoms with Gasteiger partial charge >= 0.3 is 6.09 Å². The fourth-order valence-electron chi connectivity index (χ4n) is 6.59. The van der Waals surface area contributed by atoms with Crippen molar-refractivity contribution in [3.63, 3.8) is 0 Å². The van der Waals surface area contributed by atoms with Crippen molar-refractivity contribution in [3.8, 4) is 0 Å². The van der Waals surface area contributed by atoms with Gasteiger partial charge in [-0.1, -0.05) is 42.5 Å². The van der Waals surface area contributed by atoms with Gasteiger partial charge in [0.2, 0.25) is 5.91 Å². The van der Waals surface area contributed by atoms with E-state index in [1.54, 1.807) is 6.07 Å². The first kappa shape index (κ1) is 21.7. The largest absolute Gasteiger partial charge is 0.445 e. The Morgan fingerprint density at radius 3 is 2.12 bits per heavy atom. The van der Waals surface area contributed by atoms with Crippen LogP contribution in [0.5, 0.6) is 0 Å². The highest BCUT2D eigenvalue weighted by Crippen LogP contribution is 2.61. The van der Waals surface area contributed by atoms with Gasteiger partial charge in [0.05, 0.1) is 5.69 Å². The van der Waals surface area contributed by atoms with Gasteiger partial charge in [-0.3, -0.25) is 9.59 Å². The summed E-state index contributed by atoms with van der Waals surface area (Å²) in [6, 6.07) is 16.6. The third-order valence-corrected chi connectivity index (χ3v) is 7.57. The molecule has 0 aliphatic heterocycles. The summed E-state index contributed by atoms with van der Waals surface area (Å²) in [7, 11) is 0. The summed E-state index contributed by atoms with van der Waals surface area (Å²) in [4.78, 5) is 38.2. The molecule has 0 atom stereocenters. The molecule has 2 amide bonds. The quantitative estimate of drug-likeness (QED) is 0.590. The van der Waals surface area contributed by atoms with Crippen molar-refractivity contribution in [2.45, 2.75) is 45.1 Å². The van der Waals surface area contributed by atoms with Gasteiger partial charge in [-0.25, -0.2) is 4.79 Å². The van der Waals surface area contributed by atoms with E-state index < -0.39 is 12.0 Å². The molecule has 0 heterocycles. The van der Waals surface area contributed by atoms with E-state index in [-0.39, 0.29) is 24.3 Å². The number of alkyl carbamates (subject to hydrolysis) is 1. The topological polar surface area (TPSA) is 84.5 Å². The van der Waals surface area contributed by atoms with Crippen molar-refractivity contribution < 1.29 is 19.1 Å². The lowest BCUT2D eigenvalue weighted by atomic mass is 9.48. The van der Waals surface area contributed by atoms with E-state index in [1.165, 1.54) is 19.3 Å². The smallest absolute Gasteiger partial charge is 0.407 e. The number of ether oxygens (including phenoxy) is 1. The fraction of sp³-hybridized carbons (Fsp3) is 0.444. The number of para-hydroxylation sites is 1. The summed E-state index contributed by atoms with van der Waals surface area (Å²) >= 11 is 0. The van der Waals surface area contributed by atoms with Crippen LogP contribution in [0.15, 0.2) is 54.6 Å². The number of carbonyl (C=O) groups excluding carboxylic acids is 3. The number of Topliss-reactive ketones (excluding diaryl/α,β-unsaturated/α-hetero) is 1. The third-order valence-electron chi connectivity index (χ3n) is 7.57. The molecule has 4 bridgehead atoms. The molecule has 0 unspecified atom stereocenters. The molecule has 4 aliphatic carbocycles. The van der Waals surface area contributed by atoms with E-state index in [9.17, 15) is 14.4 Å².